The molecule has 2 heterocycles. The third kappa shape index (κ3) is 4.01. The highest BCUT2D eigenvalue weighted by Gasteiger charge is 2.42. The number of Topliss-reactive ketones (excluding diaryl/α,β-unsaturated/α-hetero) is 1. The van der Waals surface area contributed by atoms with Gasteiger partial charge in [0.2, 0.25) is 0 Å². The molecule has 2 aliphatic rings. The van der Waals surface area contributed by atoms with Crippen LogP contribution in [0, 0.1) is 28.4 Å². The van der Waals surface area contributed by atoms with E-state index in [-0.39, 0.29) is 17.3 Å². The maximum Gasteiger partial charge on any atom is 0.271 e. The van der Waals surface area contributed by atoms with Gasteiger partial charge in [-0.3, -0.25) is 19.8 Å². The number of hydrogen-bond acceptors (Lipinski definition) is 8. The van der Waals surface area contributed by atoms with E-state index < -0.39 is 10.8 Å². The van der Waals surface area contributed by atoms with E-state index in [1.165, 1.54) is 17.0 Å². The number of hydrogen-bond donors (Lipinski definition) is 1. The van der Waals surface area contributed by atoms with Crippen LogP contribution in [0.1, 0.15) is 55.0 Å². The molecule has 0 saturated carbocycles. The van der Waals surface area contributed by atoms with Crippen LogP contribution >= 0.6 is 23.1 Å². The molecule has 0 amide bonds. The van der Waals surface area contributed by atoms with E-state index in [1.807, 2.05) is 6.92 Å². The van der Waals surface area contributed by atoms with E-state index in [4.69, 9.17) is 5.73 Å². The van der Waals surface area contributed by atoms with Crippen molar-refractivity contribution in [3.8, 4) is 6.07 Å². The van der Waals surface area contributed by atoms with Gasteiger partial charge in [0.05, 0.1) is 32.4 Å². The lowest BCUT2D eigenvalue weighted by atomic mass is 9.76. The number of aryl methyl sites for hydroxylation is 2. The normalized spacial score (nSPS) is 18.2. The highest BCUT2D eigenvalue weighted by atomic mass is 32.2. The van der Waals surface area contributed by atoms with Gasteiger partial charge in [0.1, 0.15) is 5.82 Å². The summed E-state index contributed by atoms with van der Waals surface area (Å²) in [6.45, 7) is 6.02. The molecule has 9 heteroatoms. The molecule has 0 bridgehead atoms. The van der Waals surface area contributed by atoms with Crippen molar-refractivity contribution < 1.29 is 9.72 Å². The fourth-order valence-electron chi connectivity index (χ4n) is 4.68. The molecule has 4 rings (SSSR count). The van der Waals surface area contributed by atoms with Crippen LogP contribution < -0.4 is 10.6 Å². The Labute approximate surface area is 207 Å². The second kappa shape index (κ2) is 9.65. The number of carbonyl (C=O) groups is 1. The van der Waals surface area contributed by atoms with Crippen LogP contribution in [0.3, 0.4) is 0 Å². The molecule has 0 radical (unpaired) electrons. The summed E-state index contributed by atoms with van der Waals surface area (Å²) in [5.41, 5.74) is 10.5. The van der Waals surface area contributed by atoms with Crippen molar-refractivity contribution >= 4 is 40.3 Å². The summed E-state index contributed by atoms with van der Waals surface area (Å²) >= 11 is 3.42. The average molecular weight is 495 g/mol. The summed E-state index contributed by atoms with van der Waals surface area (Å²) in [5, 5.41) is 21.7. The molecule has 0 spiro atoms. The van der Waals surface area contributed by atoms with Gasteiger partial charge in [0.15, 0.2) is 5.78 Å². The van der Waals surface area contributed by atoms with Crippen molar-refractivity contribution in [2.75, 3.05) is 10.7 Å². The number of thioether (sulfide) groups is 1. The van der Waals surface area contributed by atoms with Crippen molar-refractivity contribution in [2.45, 2.75) is 56.6 Å². The number of rotatable bonds is 6. The van der Waals surface area contributed by atoms with Gasteiger partial charge in [-0.2, -0.15) is 5.26 Å². The summed E-state index contributed by atoms with van der Waals surface area (Å²) in [5.74, 6) is 0.606. The molecule has 7 nitrogen and oxygen atoms in total. The van der Waals surface area contributed by atoms with Gasteiger partial charge in [0, 0.05) is 34.7 Å². The lowest BCUT2D eigenvalue weighted by Crippen LogP contribution is -2.39. The largest absolute Gasteiger partial charge is 0.384 e. The van der Waals surface area contributed by atoms with E-state index >= 15 is 0 Å². The van der Waals surface area contributed by atoms with Crippen LogP contribution in [-0.2, 0) is 11.2 Å². The molecule has 1 aromatic heterocycles. The quantitative estimate of drug-likeness (QED) is 0.300. The smallest absolute Gasteiger partial charge is 0.271 e. The fraction of sp³-hybridized carbons (Fsp3) is 0.360. The number of ketones is 1. The van der Waals surface area contributed by atoms with Gasteiger partial charge in [-0.25, -0.2) is 0 Å². The minimum atomic E-state index is -0.520. The van der Waals surface area contributed by atoms with Gasteiger partial charge >= 0.3 is 0 Å². The van der Waals surface area contributed by atoms with Crippen LogP contribution in [0.4, 0.5) is 11.4 Å². The number of nitrogens with zero attached hydrogens (tertiary/aromatic N) is 3. The van der Waals surface area contributed by atoms with E-state index in [2.05, 4.69) is 26.0 Å². The second-order valence-electron chi connectivity index (χ2n) is 8.29. The summed E-state index contributed by atoms with van der Waals surface area (Å²) in [7, 11) is 0. The molecule has 34 heavy (non-hydrogen) atoms. The van der Waals surface area contributed by atoms with Crippen molar-refractivity contribution in [3.05, 3.63) is 73.0 Å². The Balaban J connectivity index is 2.00. The van der Waals surface area contributed by atoms with E-state index in [9.17, 15) is 20.2 Å². The van der Waals surface area contributed by atoms with Crippen molar-refractivity contribution in [2.24, 2.45) is 5.73 Å². The predicted molar refractivity (Wildman–Crippen MR) is 136 cm³/mol. The number of nitriles is 1. The molecule has 2 N–H and O–H groups in total. The first kappa shape index (κ1) is 24.0. The highest BCUT2D eigenvalue weighted by molar-refractivity contribution is 8.01. The van der Waals surface area contributed by atoms with Crippen LogP contribution in [0.15, 0.2) is 51.1 Å². The molecule has 2 aromatic rings. The predicted octanol–water partition coefficient (Wildman–Crippen LogP) is 5.94. The van der Waals surface area contributed by atoms with Gasteiger partial charge in [-0.15, -0.1) is 23.1 Å². The first-order chi connectivity index (χ1) is 16.3. The summed E-state index contributed by atoms with van der Waals surface area (Å²) in [6.07, 6.45) is 2.57. The Hall–Kier alpha value is -3.09. The number of nitrogens with two attached hydrogens (primary N) is 1. The zero-order valence-electron chi connectivity index (χ0n) is 19.4. The summed E-state index contributed by atoms with van der Waals surface area (Å²) in [4.78, 5) is 27.3. The monoisotopic (exact) mass is 494 g/mol. The van der Waals surface area contributed by atoms with Crippen LogP contribution in [0.25, 0.3) is 0 Å². The summed E-state index contributed by atoms with van der Waals surface area (Å²) < 4.78 is 1.11. The SMILES string of the molecule is CCSc1sc(CC)cc1[C@H]1C(C#N)=C(N)N(c2cc([N+](=O)[O-])ccc2C)C2=C1C(=O)CCC2. The molecular weight excluding hydrogens is 468 g/mol. The lowest BCUT2D eigenvalue weighted by molar-refractivity contribution is -0.384. The van der Waals surface area contributed by atoms with E-state index in [1.54, 1.807) is 34.1 Å². The van der Waals surface area contributed by atoms with Crippen molar-refractivity contribution in [1.29, 1.82) is 5.26 Å². The Morgan fingerprint density at radius 1 is 1.32 bits per heavy atom. The number of carbonyl (C=O) groups excluding carboxylic acids is 1. The first-order valence-electron chi connectivity index (χ1n) is 11.3. The molecule has 176 valence electrons. The number of nitro benzene ring substituents is 1. The molecule has 0 fully saturated rings. The van der Waals surface area contributed by atoms with E-state index in [0.29, 0.717) is 36.1 Å². The highest BCUT2D eigenvalue weighted by Crippen LogP contribution is 2.50. The number of nitro groups is 1. The average Bonchev–Trinajstić information content (AvgIpc) is 3.22. The Morgan fingerprint density at radius 2 is 2.09 bits per heavy atom. The minimum absolute atomic E-state index is 0.0104. The number of non-ortho nitro benzene ring substituents is 1. The Morgan fingerprint density at radius 3 is 2.74 bits per heavy atom. The molecular formula is C25H26N4O3S2. The zero-order valence-corrected chi connectivity index (χ0v) is 21.0. The molecule has 1 atom stereocenters. The molecule has 1 aliphatic carbocycles. The van der Waals surface area contributed by atoms with Crippen LogP contribution in [0.2, 0.25) is 0 Å². The van der Waals surface area contributed by atoms with Gasteiger partial charge in [-0.1, -0.05) is 19.9 Å². The summed E-state index contributed by atoms with van der Waals surface area (Å²) in [6, 6.07) is 9.00. The maximum atomic E-state index is 13.4. The van der Waals surface area contributed by atoms with Crippen molar-refractivity contribution in [1.82, 2.24) is 0 Å². The molecule has 0 saturated heterocycles. The van der Waals surface area contributed by atoms with Crippen LogP contribution in [-0.4, -0.2) is 16.5 Å². The molecule has 1 aromatic carbocycles. The maximum absolute atomic E-state index is 13.4. The number of benzene rings is 1. The number of allylic oxidation sites excluding steroid dienone is 3. The zero-order chi connectivity index (χ0) is 24.6. The van der Waals surface area contributed by atoms with Crippen LogP contribution in [0.5, 0.6) is 0 Å². The van der Waals surface area contributed by atoms with Gasteiger partial charge < -0.3 is 5.73 Å². The topological polar surface area (TPSA) is 113 Å². The Kier molecular flexibility index (Phi) is 6.82. The van der Waals surface area contributed by atoms with E-state index in [0.717, 1.165) is 33.2 Å². The fourth-order valence-corrected chi connectivity index (χ4v) is 7.06. The second-order valence-corrected chi connectivity index (χ2v) is 11.0. The number of anilines is 1. The standard InChI is InChI=1S/C25H26N4O3S2/c1-4-16-12-17(25(34-16)33-5-2)22-18(13-26)24(27)28(19-7-6-8-21(30)23(19)22)20-11-15(29(31)32)10-9-14(20)3/h9-12,22H,4-8,27H2,1-3H3/t22-/m0/s1. The van der Waals surface area contributed by atoms with Gasteiger partial charge in [0.25, 0.3) is 5.69 Å². The first-order valence-corrected chi connectivity index (χ1v) is 13.1. The molecule has 1 aliphatic heterocycles. The number of thiophene rings is 1. The third-order valence-corrected chi connectivity index (χ3v) is 8.75. The molecule has 0 unspecified atom stereocenters. The minimum Gasteiger partial charge on any atom is -0.384 e. The third-order valence-electron chi connectivity index (χ3n) is 6.27. The Bertz CT molecular complexity index is 1290. The lowest BCUT2D eigenvalue weighted by Gasteiger charge is -2.40. The van der Waals surface area contributed by atoms with Crippen molar-refractivity contribution in [3.63, 3.8) is 0 Å². The van der Waals surface area contributed by atoms with Gasteiger partial charge in [-0.05, 0) is 49.1 Å².